The monoisotopic (exact) mass is 651 g/mol. The summed E-state index contributed by atoms with van der Waals surface area (Å²) >= 11 is 0. The SMILES string of the molecule is Cc1cccc(-c2ccc(-c3cccc(-c4ccc5oc6c(-c7cccc(-n8c9ccccc9c9ccccc98)c7)cccc6c5c4)c3)cc2)c1. The molecule has 0 radical (unpaired) electrons. The standard InChI is InChI=1S/C49H33NO/c1-32-10-6-11-35(28-32)33-22-24-34(25-23-33)36-12-7-13-37(29-36)38-26-27-48-45(31-38)44-19-9-18-41(49(44)51-48)39-14-8-15-40(30-39)50-46-20-4-2-16-42(46)43-17-3-5-21-47(43)50/h2-31H,1H3. The molecular formula is C49H33NO. The van der Waals surface area contributed by atoms with Gasteiger partial charge in [0.15, 0.2) is 0 Å². The molecule has 0 fully saturated rings. The summed E-state index contributed by atoms with van der Waals surface area (Å²) in [5.74, 6) is 0. The third-order valence-electron chi connectivity index (χ3n) is 10.3. The van der Waals surface area contributed by atoms with Gasteiger partial charge in [-0.05, 0) is 88.3 Å². The van der Waals surface area contributed by atoms with Crippen LogP contribution in [0.2, 0.25) is 0 Å². The van der Waals surface area contributed by atoms with Gasteiger partial charge in [0.25, 0.3) is 0 Å². The van der Waals surface area contributed by atoms with Crippen molar-refractivity contribution in [2.75, 3.05) is 0 Å². The zero-order valence-electron chi connectivity index (χ0n) is 28.2. The summed E-state index contributed by atoms with van der Waals surface area (Å²) in [6.07, 6.45) is 0. The Hall–Kier alpha value is -6.64. The number of nitrogens with zero attached hydrogens (tertiary/aromatic N) is 1. The maximum absolute atomic E-state index is 6.64. The number of furan rings is 1. The van der Waals surface area contributed by atoms with Crippen LogP contribution >= 0.6 is 0 Å². The fourth-order valence-electron chi connectivity index (χ4n) is 7.78. The molecule has 0 aliphatic heterocycles. The first-order valence-electron chi connectivity index (χ1n) is 17.5. The summed E-state index contributed by atoms with van der Waals surface area (Å²) in [6.45, 7) is 2.14. The van der Waals surface area contributed by atoms with Gasteiger partial charge in [-0.2, -0.15) is 0 Å². The minimum absolute atomic E-state index is 0.891. The molecule has 240 valence electrons. The van der Waals surface area contributed by atoms with E-state index in [9.17, 15) is 0 Å². The largest absolute Gasteiger partial charge is 0.455 e. The molecule has 0 aliphatic carbocycles. The third-order valence-corrected chi connectivity index (χ3v) is 10.3. The molecule has 0 amide bonds. The van der Waals surface area contributed by atoms with Crippen LogP contribution in [0.25, 0.3) is 93.9 Å². The van der Waals surface area contributed by atoms with Crippen molar-refractivity contribution in [1.29, 1.82) is 0 Å². The highest BCUT2D eigenvalue weighted by Crippen LogP contribution is 2.39. The highest BCUT2D eigenvalue weighted by molar-refractivity contribution is 6.11. The lowest BCUT2D eigenvalue weighted by Crippen LogP contribution is -1.94. The second-order valence-electron chi connectivity index (χ2n) is 13.4. The molecule has 0 unspecified atom stereocenters. The molecule has 0 spiro atoms. The number of rotatable bonds is 5. The molecule has 51 heavy (non-hydrogen) atoms. The van der Waals surface area contributed by atoms with E-state index in [1.165, 1.54) is 60.8 Å². The molecule has 0 atom stereocenters. The zero-order chi connectivity index (χ0) is 33.9. The lowest BCUT2D eigenvalue weighted by Gasteiger charge is -2.10. The fraction of sp³-hybridized carbons (Fsp3) is 0.0204. The first-order chi connectivity index (χ1) is 25.2. The fourth-order valence-corrected chi connectivity index (χ4v) is 7.78. The topological polar surface area (TPSA) is 18.1 Å². The molecule has 0 aliphatic rings. The van der Waals surface area contributed by atoms with Crippen molar-refractivity contribution in [3.8, 4) is 50.2 Å². The molecule has 8 aromatic carbocycles. The molecule has 0 bridgehead atoms. The van der Waals surface area contributed by atoms with Crippen LogP contribution in [-0.4, -0.2) is 4.57 Å². The lowest BCUT2D eigenvalue weighted by molar-refractivity contribution is 0.670. The van der Waals surface area contributed by atoms with E-state index < -0.39 is 0 Å². The Morgan fingerprint density at radius 2 is 0.922 bits per heavy atom. The molecule has 2 nitrogen and oxygen atoms in total. The number of fused-ring (bicyclic) bond motifs is 6. The van der Waals surface area contributed by atoms with Gasteiger partial charge in [-0.15, -0.1) is 0 Å². The van der Waals surface area contributed by atoms with E-state index >= 15 is 0 Å². The predicted molar refractivity (Wildman–Crippen MR) is 215 cm³/mol. The van der Waals surface area contributed by atoms with Crippen LogP contribution < -0.4 is 0 Å². The Morgan fingerprint density at radius 1 is 0.373 bits per heavy atom. The Bertz CT molecular complexity index is 2870. The molecule has 2 heterocycles. The summed E-state index contributed by atoms with van der Waals surface area (Å²) in [5.41, 5.74) is 16.0. The van der Waals surface area contributed by atoms with Crippen LogP contribution in [0.15, 0.2) is 186 Å². The van der Waals surface area contributed by atoms with E-state index in [-0.39, 0.29) is 0 Å². The van der Waals surface area contributed by atoms with Crippen LogP contribution in [0.5, 0.6) is 0 Å². The van der Waals surface area contributed by atoms with Crippen molar-refractivity contribution in [1.82, 2.24) is 4.57 Å². The van der Waals surface area contributed by atoms with Crippen molar-refractivity contribution in [2.24, 2.45) is 0 Å². The maximum Gasteiger partial charge on any atom is 0.143 e. The molecule has 0 saturated carbocycles. The van der Waals surface area contributed by atoms with Crippen molar-refractivity contribution in [3.63, 3.8) is 0 Å². The molecule has 2 aromatic heterocycles. The van der Waals surface area contributed by atoms with E-state index in [0.29, 0.717) is 0 Å². The number of hydrogen-bond acceptors (Lipinski definition) is 1. The minimum Gasteiger partial charge on any atom is -0.455 e. The number of hydrogen-bond donors (Lipinski definition) is 0. The van der Waals surface area contributed by atoms with Gasteiger partial charge in [0.05, 0.1) is 11.0 Å². The summed E-state index contributed by atoms with van der Waals surface area (Å²) in [5, 5.41) is 4.76. The molecule has 0 saturated heterocycles. The molecule has 0 N–H and O–H groups in total. The van der Waals surface area contributed by atoms with Gasteiger partial charge in [0, 0.05) is 32.8 Å². The van der Waals surface area contributed by atoms with Gasteiger partial charge in [-0.3, -0.25) is 0 Å². The first-order valence-corrected chi connectivity index (χ1v) is 17.5. The van der Waals surface area contributed by atoms with Crippen LogP contribution in [-0.2, 0) is 0 Å². The molecule has 10 rings (SSSR count). The van der Waals surface area contributed by atoms with Gasteiger partial charge < -0.3 is 8.98 Å². The van der Waals surface area contributed by atoms with Gasteiger partial charge in [0.1, 0.15) is 11.2 Å². The second-order valence-corrected chi connectivity index (χ2v) is 13.4. The Balaban J connectivity index is 1.03. The molecule has 2 heteroatoms. The quantitative estimate of drug-likeness (QED) is 0.181. The average molecular weight is 652 g/mol. The summed E-state index contributed by atoms with van der Waals surface area (Å²) in [7, 11) is 0. The number of aromatic nitrogens is 1. The first kappa shape index (κ1) is 29.3. The Morgan fingerprint density at radius 3 is 1.65 bits per heavy atom. The summed E-state index contributed by atoms with van der Waals surface area (Å²) in [6, 6.07) is 65.5. The van der Waals surface area contributed by atoms with E-state index in [0.717, 1.165) is 38.8 Å². The highest BCUT2D eigenvalue weighted by atomic mass is 16.3. The van der Waals surface area contributed by atoms with Crippen LogP contribution in [0.1, 0.15) is 5.56 Å². The Kier molecular flexibility index (Phi) is 6.75. The second kappa shape index (κ2) is 11.8. The van der Waals surface area contributed by atoms with Gasteiger partial charge in [-0.1, -0.05) is 145 Å². The van der Waals surface area contributed by atoms with E-state index in [1.807, 2.05) is 0 Å². The van der Waals surface area contributed by atoms with Crippen LogP contribution in [0.4, 0.5) is 0 Å². The van der Waals surface area contributed by atoms with Crippen molar-refractivity contribution < 1.29 is 4.42 Å². The number of benzene rings is 8. The summed E-state index contributed by atoms with van der Waals surface area (Å²) in [4.78, 5) is 0. The van der Waals surface area contributed by atoms with Crippen molar-refractivity contribution >= 4 is 43.7 Å². The molecule has 10 aromatic rings. The smallest absolute Gasteiger partial charge is 0.143 e. The number of para-hydroxylation sites is 3. The van der Waals surface area contributed by atoms with Crippen molar-refractivity contribution in [2.45, 2.75) is 6.92 Å². The van der Waals surface area contributed by atoms with Crippen molar-refractivity contribution in [3.05, 3.63) is 188 Å². The van der Waals surface area contributed by atoms with Crippen LogP contribution in [0, 0.1) is 6.92 Å². The maximum atomic E-state index is 6.64. The van der Waals surface area contributed by atoms with E-state index in [2.05, 4.69) is 193 Å². The predicted octanol–water partition coefficient (Wildman–Crippen LogP) is 13.7. The highest BCUT2D eigenvalue weighted by Gasteiger charge is 2.16. The van der Waals surface area contributed by atoms with Crippen LogP contribution in [0.3, 0.4) is 0 Å². The Labute approximate surface area is 296 Å². The van der Waals surface area contributed by atoms with E-state index in [1.54, 1.807) is 0 Å². The van der Waals surface area contributed by atoms with Gasteiger partial charge >= 0.3 is 0 Å². The third kappa shape index (κ3) is 4.95. The molecular weight excluding hydrogens is 619 g/mol. The zero-order valence-corrected chi connectivity index (χ0v) is 28.2. The minimum atomic E-state index is 0.891. The van der Waals surface area contributed by atoms with Gasteiger partial charge in [-0.25, -0.2) is 0 Å². The number of aryl methyl sites for hydroxylation is 1. The normalized spacial score (nSPS) is 11.6. The summed E-state index contributed by atoms with van der Waals surface area (Å²) < 4.78 is 9.01. The lowest BCUT2D eigenvalue weighted by atomic mass is 9.96. The average Bonchev–Trinajstić information content (AvgIpc) is 3.74. The van der Waals surface area contributed by atoms with E-state index in [4.69, 9.17) is 4.42 Å². The van der Waals surface area contributed by atoms with Gasteiger partial charge in [0.2, 0.25) is 0 Å².